The molecule has 4 aliphatic rings. The first-order valence-electron chi connectivity index (χ1n) is 10.6. The highest BCUT2D eigenvalue weighted by molar-refractivity contribution is 9.10. The second-order valence-electron chi connectivity index (χ2n) is 8.99. The molecule has 1 aromatic carbocycles. The summed E-state index contributed by atoms with van der Waals surface area (Å²) in [6.45, 7) is -0.0579. The van der Waals surface area contributed by atoms with Gasteiger partial charge in [-0.15, -0.1) is 11.8 Å². The molecule has 3 heterocycles. The Kier molecular flexibility index (Phi) is 4.71. The maximum Gasteiger partial charge on any atom is 0.305 e. The van der Waals surface area contributed by atoms with E-state index in [9.17, 15) is 19.2 Å². The van der Waals surface area contributed by atoms with Crippen molar-refractivity contribution in [2.45, 2.75) is 29.0 Å². The molecule has 2 aliphatic heterocycles. The highest BCUT2D eigenvalue weighted by Gasteiger charge is 2.69. The number of thioether (sulfide) groups is 1. The van der Waals surface area contributed by atoms with E-state index in [0.29, 0.717) is 0 Å². The van der Waals surface area contributed by atoms with Crippen molar-refractivity contribution in [3.05, 3.63) is 48.8 Å². The van der Waals surface area contributed by atoms with Crippen molar-refractivity contribution in [1.82, 2.24) is 9.88 Å². The summed E-state index contributed by atoms with van der Waals surface area (Å²) in [5.74, 6) is -1.95. The number of nitrogens with zero attached hydrogens (tertiary/aromatic N) is 1. The number of imide groups is 1. The number of thiazole rings is 1. The lowest BCUT2D eigenvalue weighted by molar-refractivity contribution is -0.142. The maximum atomic E-state index is 13.3. The van der Waals surface area contributed by atoms with Crippen LogP contribution in [0.2, 0.25) is 0 Å². The molecule has 2 N–H and O–H groups in total. The fourth-order valence-electron chi connectivity index (χ4n) is 6.58. The molecule has 2 bridgehead atoms. The molecular formula is C22H19BrN2O5S2. The van der Waals surface area contributed by atoms with Crippen LogP contribution in [0, 0.1) is 29.6 Å². The molecule has 7 nitrogen and oxygen atoms in total. The zero-order chi connectivity index (χ0) is 22.3. The maximum absolute atomic E-state index is 13.3. The van der Waals surface area contributed by atoms with Crippen LogP contribution in [0.15, 0.2) is 38.6 Å². The van der Waals surface area contributed by atoms with Crippen LogP contribution in [0.25, 0.3) is 0 Å². The van der Waals surface area contributed by atoms with E-state index in [4.69, 9.17) is 5.11 Å². The number of carboxylic acid groups (broad SMARTS) is 1. The molecule has 1 aromatic heterocycles. The van der Waals surface area contributed by atoms with Crippen LogP contribution in [0.1, 0.15) is 29.2 Å². The quantitative estimate of drug-likeness (QED) is 0.583. The van der Waals surface area contributed by atoms with E-state index in [-0.39, 0.29) is 70.4 Å². The zero-order valence-electron chi connectivity index (χ0n) is 16.7. The van der Waals surface area contributed by atoms with Crippen LogP contribution in [0.4, 0.5) is 0 Å². The number of aromatic nitrogens is 1. The van der Waals surface area contributed by atoms with E-state index in [0.717, 1.165) is 26.4 Å². The third kappa shape index (κ3) is 2.85. The summed E-state index contributed by atoms with van der Waals surface area (Å²) in [6.07, 6.45) is 0.596. The number of amides is 2. The first-order valence-corrected chi connectivity index (χ1v) is 13.1. The van der Waals surface area contributed by atoms with E-state index in [1.807, 2.05) is 12.1 Å². The Morgan fingerprint density at radius 1 is 1.19 bits per heavy atom. The monoisotopic (exact) mass is 534 g/mol. The number of rotatable bonds is 4. The Morgan fingerprint density at radius 2 is 1.94 bits per heavy atom. The van der Waals surface area contributed by atoms with Gasteiger partial charge in [-0.2, -0.15) is 0 Å². The number of fused-ring (bicyclic) bond motifs is 9. The van der Waals surface area contributed by atoms with Crippen LogP contribution < -0.4 is 4.87 Å². The fourth-order valence-corrected chi connectivity index (χ4v) is 9.89. The summed E-state index contributed by atoms with van der Waals surface area (Å²) in [4.78, 5) is 54.8. The topological polar surface area (TPSA) is 108 Å². The van der Waals surface area contributed by atoms with Gasteiger partial charge in [0.2, 0.25) is 11.8 Å². The smallest absolute Gasteiger partial charge is 0.305 e. The Bertz CT molecular complexity index is 1220. The van der Waals surface area contributed by atoms with Gasteiger partial charge in [-0.25, -0.2) is 0 Å². The fraction of sp³-hybridized carbons (Fsp3) is 0.455. The number of hydrogen-bond donors (Lipinski definition) is 2. The van der Waals surface area contributed by atoms with Crippen molar-refractivity contribution >= 4 is 56.8 Å². The molecular weight excluding hydrogens is 516 g/mol. The predicted molar refractivity (Wildman–Crippen MR) is 122 cm³/mol. The number of nitrogens with one attached hydrogen (secondary N) is 1. The van der Waals surface area contributed by atoms with Crippen molar-refractivity contribution in [1.29, 1.82) is 0 Å². The molecule has 7 atom stereocenters. The number of benzene rings is 1. The Morgan fingerprint density at radius 3 is 2.66 bits per heavy atom. The average Bonchev–Trinajstić information content (AvgIpc) is 3.46. The molecule has 2 aromatic rings. The highest BCUT2D eigenvalue weighted by atomic mass is 79.9. The minimum absolute atomic E-state index is 0.00961. The summed E-state index contributed by atoms with van der Waals surface area (Å²) in [5, 5.41) is 10.1. The summed E-state index contributed by atoms with van der Waals surface area (Å²) in [7, 11) is 0. The zero-order valence-corrected chi connectivity index (χ0v) is 19.9. The third-order valence-electron chi connectivity index (χ3n) is 7.57. The SMILES string of the molecule is O=C(O)CCN1C(=O)C2C3CC(C2C1=O)C1C3Sc2[nH]c(=O)sc2[C@@H]1c1cccc(Br)c1. The largest absolute Gasteiger partial charge is 0.481 e. The van der Waals surface area contributed by atoms with Gasteiger partial charge in [0.25, 0.3) is 0 Å². The second kappa shape index (κ2) is 7.30. The van der Waals surface area contributed by atoms with Gasteiger partial charge in [0.05, 0.1) is 23.3 Å². The molecule has 6 rings (SSSR count). The number of H-pyrrole nitrogens is 1. The third-order valence-corrected chi connectivity index (χ3v) is 10.7. The Balaban J connectivity index is 1.42. The molecule has 0 spiro atoms. The van der Waals surface area contributed by atoms with E-state index in [1.54, 1.807) is 11.8 Å². The van der Waals surface area contributed by atoms with Gasteiger partial charge in [-0.3, -0.25) is 24.1 Å². The highest BCUT2D eigenvalue weighted by Crippen LogP contribution is 2.68. The number of halogens is 1. The molecule has 32 heavy (non-hydrogen) atoms. The van der Waals surface area contributed by atoms with Gasteiger partial charge < -0.3 is 10.1 Å². The number of likely N-dealkylation sites (tertiary alicyclic amines) is 1. The van der Waals surface area contributed by atoms with Gasteiger partial charge >= 0.3 is 10.8 Å². The molecule has 0 radical (unpaired) electrons. The Hall–Kier alpha value is -1.91. The standard InChI is InChI=1S/C22H19BrN2O5S2/c23-9-3-1-2-8(6-9)13-14-10-7-11(17(14)31-19-18(13)32-22(30)24-19)16-15(10)20(28)25(21(16)29)5-4-12(26)27/h1-3,6,10-11,13-17H,4-5,7H2,(H,24,30)(H,26,27)/t10?,11?,13-,14?,15?,16?,17?/m1/s1. The first kappa shape index (κ1) is 20.7. The van der Waals surface area contributed by atoms with Crippen molar-refractivity contribution in [2.75, 3.05) is 6.54 Å². The number of carbonyl (C=O) groups excluding carboxylic acids is 2. The van der Waals surface area contributed by atoms with Crippen LogP contribution in [0.3, 0.4) is 0 Å². The number of aromatic amines is 1. The summed E-state index contributed by atoms with van der Waals surface area (Å²) in [6, 6.07) is 8.10. The van der Waals surface area contributed by atoms with E-state index >= 15 is 0 Å². The van der Waals surface area contributed by atoms with Crippen LogP contribution >= 0.6 is 39.0 Å². The van der Waals surface area contributed by atoms with Gasteiger partial charge in [0.1, 0.15) is 0 Å². The lowest BCUT2D eigenvalue weighted by Crippen LogP contribution is -2.42. The first-order chi connectivity index (χ1) is 15.3. The van der Waals surface area contributed by atoms with Crippen molar-refractivity contribution < 1.29 is 19.5 Å². The lowest BCUT2D eigenvalue weighted by atomic mass is 9.68. The summed E-state index contributed by atoms with van der Waals surface area (Å²) >= 11 is 6.45. The molecule has 2 aliphatic carbocycles. The molecule has 2 amide bonds. The molecule has 6 unspecified atom stereocenters. The molecule has 10 heteroatoms. The van der Waals surface area contributed by atoms with Gasteiger partial charge in [0, 0.05) is 27.1 Å². The van der Waals surface area contributed by atoms with E-state index < -0.39 is 5.97 Å². The Labute approximate surface area is 199 Å². The normalized spacial score (nSPS) is 34.5. The predicted octanol–water partition coefficient (Wildman–Crippen LogP) is 3.15. The van der Waals surface area contributed by atoms with Gasteiger partial charge in [-0.05, 0) is 41.9 Å². The van der Waals surface area contributed by atoms with Gasteiger partial charge in [0.15, 0.2) is 0 Å². The second-order valence-corrected chi connectivity index (χ2v) is 12.1. The van der Waals surface area contributed by atoms with E-state index in [1.165, 1.54) is 16.2 Å². The van der Waals surface area contributed by atoms with Crippen LogP contribution in [-0.2, 0) is 14.4 Å². The van der Waals surface area contributed by atoms with E-state index in [2.05, 4.69) is 33.0 Å². The molecule has 166 valence electrons. The van der Waals surface area contributed by atoms with Crippen LogP contribution in [0.5, 0.6) is 0 Å². The minimum atomic E-state index is -1.02. The number of aliphatic carboxylic acids is 1. The van der Waals surface area contributed by atoms with Crippen molar-refractivity contribution in [3.63, 3.8) is 0 Å². The lowest BCUT2D eigenvalue weighted by Gasteiger charge is -2.43. The molecule has 1 saturated heterocycles. The number of carbonyl (C=O) groups is 3. The average molecular weight is 535 g/mol. The molecule has 2 saturated carbocycles. The summed E-state index contributed by atoms with van der Waals surface area (Å²) < 4.78 is 0.960. The van der Waals surface area contributed by atoms with Crippen molar-refractivity contribution in [2.24, 2.45) is 29.6 Å². The molecule has 3 fully saturated rings. The summed E-state index contributed by atoms with van der Waals surface area (Å²) in [5.41, 5.74) is 1.11. The van der Waals surface area contributed by atoms with Crippen molar-refractivity contribution in [3.8, 4) is 0 Å². The number of carboxylic acids is 1. The van der Waals surface area contributed by atoms with Gasteiger partial charge in [-0.1, -0.05) is 39.4 Å². The minimum Gasteiger partial charge on any atom is -0.481 e. The number of hydrogen-bond acceptors (Lipinski definition) is 6. The van der Waals surface area contributed by atoms with Crippen LogP contribution in [-0.4, -0.2) is 44.6 Å².